The predicted molar refractivity (Wildman–Crippen MR) is 147 cm³/mol. The second-order valence-electron chi connectivity index (χ2n) is 9.21. The van der Waals surface area contributed by atoms with Crippen LogP contribution in [0.3, 0.4) is 0 Å². The largest absolute Gasteiger partial charge is 0.369 e. The maximum atomic E-state index is 13.2. The van der Waals surface area contributed by atoms with Gasteiger partial charge in [0.25, 0.3) is 10.0 Å². The lowest BCUT2D eigenvalue weighted by Gasteiger charge is -2.34. The number of aryl methyl sites for hydroxylation is 1. The topological polar surface area (TPSA) is 118 Å². The van der Waals surface area contributed by atoms with Crippen molar-refractivity contribution in [2.24, 2.45) is 0 Å². The first-order valence-corrected chi connectivity index (χ1v) is 13.6. The van der Waals surface area contributed by atoms with Crippen molar-refractivity contribution in [3.63, 3.8) is 0 Å². The fourth-order valence-electron chi connectivity index (χ4n) is 4.50. The number of fused-ring (bicyclic) bond motifs is 1. The fourth-order valence-corrected chi connectivity index (χ4v) is 6.09. The number of halogens is 1. The summed E-state index contributed by atoms with van der Waals surface area (Å²) in [5.74, 6) is 0. The fraction of sp³-hybridized carbons (Fsp3) is 0.231. The molecule has 3 N–H and O–H groups in total. The van der Waals surface area contributed by atoms with Gasteiger partial charge in [-0.15, -0.1) is 0 Å². The number of rotatable bonds is 5. The van der Waals surface area contributed by atoms with Gasteiger partial charge in [0.1, 0.15) is 0 Å². The van der Waals surface area contributed by atoms with Crippen LogP contribution in [-0.2, 0) is 10.0 Å². The molecule has 1 aliphatic heterocycles. The van der Waals surface area contributed by atoms with Crippen molar-refractivity contribution in [2.75, 3.05) is 42.8 Å². The van der Waals surface area contributed by atoms with Gasteiger partial charge < -0.3 is 19.8 Å². The van der Waals surface area contributed by atoms with Gasteiger partial charge in [-0.2, -0.15) is 0 Å². The number of aromatic amines is 2. The van der Waals surface area contributed by atoms with E-state index in [0.717, 1.165) is 43.0 Å². The Morgan fingerprint density at radius 2 is 1.57 bits per heavy atom. The number of benzene rings is 3. The lowest BCUT2D eigenvalue weighted by Crippen LogP contribution is -2.44. The van der Waals surface area contributed by atoms with Crippen LogP contribution in [0.4, 0.5) is 11.4 Å². The lowest BCUT2D eigenvalue weighted by atomic mass is 10.0. The summed E-state index contributed by atoms with van der Waals surface area (Å²) in [6.07, 6.45) is 0. The second-order valence-corrected chi connectivity index (χ2v) is 11.3. The maximum Gasteiger partial charge on any atom is 0.314 e. The van der Waals surface area contributed by atoms with Gasteiger partial charge in [0, 0.05) is 37.4 Å². The zero-order chi connectivity index (χ0) is 26.3. The molecule has 11 heteroatoms. The van der Waals surface area contributed by atoms with Crippen molar-refractivity contribution in [1.82, 2.24) is 14.9 Å². The average molecular weight is 540 g/mol. The van der Waals surface area contributed by atoms with Crippen LogP contribution in [-0.4, -0.2) is 56.5 Å². The summed E-state index contributed by atoms with van der Waals surface area (Å²) in [6, 6.07) is 16.0. The minimum atomic E-state index is -4.01. The van der Waals surface area contributed by atoms with E-state index in [1.54, 1.807) is 25.1 Å². The summed E-state index contributed by atoms with van der Waals surface area (Å²) in [6.45, 7) is 5.52. The average Bonchev–Trinajstić information content (AvgIpc) is 2.85. The van der Waals surface area contributed by atoms with Crippen LogP contribution in [0.25, 0.3) is 22.2 Å². The number of sulfonamides is 1. The number of aromatic nitrogens is 2. The van der Waals surface area contributed by atoms with Crippen molar-refractivity contribution in [2.45, 2.75) is 11.8 Å². The Morgan fingerprint density at radius 3 is 2.24 bits per heavy atom. The zero-order valence-corrected chi connectivity index (χ0v) is 21.9. The molecule has 192 valence electrons. The lowest BCUT2D eigenvalue weighted by molar-refractivity contribution is 0.313. The van der Waals surface area contributed by atoms with Crippen molar-refractivity contribution in [3.05, 3.63) is 85.9 Å². The molecule has 0 radical (unpaired) electrons. The van der Waals surface area contributed by atoms with E-state index in [1.165, 1.54) is 12.1 Å². The molecule has 0 atom stereocenters. The van der Waals surface area contributed by atoms with Gasteiger partial charge in [-0.3, -0.25) is 14.3 Å². The first-order chi connectivity index (χ1) is 17.6. The molecule has 1 aliphatic rings. The van der Waals surface area contributed by atoms with Crippen LogP contribution in [0.5, 0.6) is 0 Å². The molecular formula is C26H26ClN5O4S. The Bertz CT molecular complexity index is 1720. The van der Waals surface area contributed by atoms with Gasteiger partial charge >= 0.3 is 11.1 Å². The minimum absolute atomic E-state index is 0.0252. The van der Waals surface area contributed by atoms with E-state index in [2.05, 4.69) is 43.7 Å². The molecule has 0 aliphatic carbocycles. The van der Waals surface area contributed by atoms with Gasteiger partial charge in [0.15, 0.2) is 0 Å². The van der Waals surface area contributed by atoms with Crippen molar-refractivity contribution < 1.29 is 8.42 Å². The number of nitrogens with one attached hydrogen (secondary N) is 3. The van der Waals surface area contributed by atoms with Crippen LogP contribution < -0.4 is 20.7 Å². The van der Waals surface area contributed by atoms with E-state index in [9.17, 15) is 18.0 Å². The standard InChI is InChI=1S/C26H26ClN5O4S/c1-16-12-22-23(29-26(34)25(33)28-22)15-24(16)37(35,36)30-18-6-7-20(21(27)14-18)17-4-3-5-19(13-17)32-10-8-31(2)9-11-32/h3-7,12-15,30H,8-11H2,1-2H3,(H,28,33)(H,29,34). The molecule has 3 aromatic carbocycles. The normalized spacial score (nSPS) is 14.7. The molecule has 4 aromatic rings. The Labute approximate surface area is 218 Å². The third-order valence-electron chi connectivity index (χ3n) is 6.55. The Kier molecular flexibility index (Phi) is 6.57. The summed E-state index contributed by atoms with van der Waals surface area (Å²) in [4.78, 5) is 32.8. The Hall–Kier alpha value is -3.60. The number of anilines is 2. The van der Waals surface area contributed by atoms with E-state index < -0.39 is 21.1 Å². The van der Waals surface area contributed by atoms with Crippen LogP contribution in [0, 0.1) is 6.92 Å². The quantitative estimate of drug-likeness (QED) is 0.335. The number of nitrogens with zero attached hydrogens (tertiary/aromatic N) is 2. The molecule has 9 nitrogen and oxygen atoms in total. The molecule has 1 fully saturated rings. The van der Waals surface area contributed by atoms with Crippen LogP contribution >= 0.6 is 11.6 Å². The first-order valence-electron chi connectivity index (χ1n) is 11.7. The van der Waals surface area contributed by atoms with Gasteiger partial charge in [-0.05, 0) is 61.5 Å². The van der Waals surface area contributed by atoms with Crippen molar-refractivity contribution >= 4 is 44.0 Å². The minimum Gasteiger partial charge on any atom is -0.369 e. The molecule has 0 bridgehead atoms. The summed E-state index contributed by atoms with van der Waals surface area (Å²) in [7, 11) is -1.89. The summed E-state index contributed by atoms with van der Waals surface area (Å²) >= 11 is 6.61. The molecule has 0 amide bonds. The van der Waals surface area contributed by atoms with Gasteiger partial charge in [0.2, 0.25) is 0 Å². The molecule has 0 unspecified atom stereocenters. The summed E-state index contributed by atoms with van der Waals surface area (Å²) in [5, 5.41) is 0.410. The van der Waals surface area contributed by atoms with Crippen molar-refractivity contribution in [3.8, 4) is 11.1 Å². The number of piperazine rings is 1. The van der Waals surface area contributed by atoms with E-state index in [4.69, 9.17) is 11.6 Å². The van der Waals surface area contributed by atoms with Crippen LogP contribution in [0.1, 0.15) is 5.56 Å². The third kappa shape index (κ3) is 5.13. The number of likely N-dealkylation sites (N-methyl/N-ethyl adjacent to an activating group) is 1. The highest BCUT2D eigenvalue weighted by Gasteiger charge is 2.20. The number of hydrogen-bond acceptors (Lipinski definition) is 6. The predicted octanol–water partition coefficient (Wildman–Crippen LogP) is 3.40. The van der Waals surface area contributed by atoms with E-state index >= 15 is 0 Å². The van der Waals surface area contributed by atoms with Gasteiger partial charge in [0.05, 0.1) is 26.6 Å². The summed E-state index contributed by atoms with van der Waals surface area (Å²) < 4.78 is 29.0. The SMILES string of the molecule is Cc1cc2[nH]c(=O)c(=O)[nH]c2cc1S(=O)(=O)Nc1ccc(-c2cccc(N3CCN(C)CC3)c2)c(Cl)c1. The number of hydrogen-bond donors (Lipinski definition) is 3. The smallest absolute Gasteiger partial charge is 0.314 e. The Morgan fingerprint density at radius 1 is 0.892 bits per heavy atom. The molecule has 5 rings (SSSR count). The molecular weight excluding hydrogens is 514 g/mol. The molecule has 1 aromatic heterocycles. The zero-order valence-electron chi connectivity index (χ0n) is 20.3. The third-order valence-corrected chi connectivity index (χ3v) is 8.39. The van der Waals surface area contributed by atoms with Crippen LogP contribution in [0.15, 0.2) is 69.1 Å². The first kappa shape index (κ1) is 25.1. The van der Waals surface area contributed by atoms with Gasteiger partial charge in [-0.1, -0.05) is 29.8 Å². The van der Waals surface area contributed by atoms with E-state index in [1.807, 2.05) is 12.1 Å². The molecule has 0 spiro atoms. The highest BCUT2D eigenvalue weighted by molar-refractivity contribution is 7.92. The molecule has 1 saturated heterocycles. The second kappa shape index (κ2) is 9.70. The van der Waals surface area contributed by atoms with Gasteiger partial charge in [-0.25, -0.2) is 8.42 Å². The molecule has 0 saturated carbocycles. The molecule has 37 heavy (non-hydrogen) atoms. The number of H-pyrrole nitrogens is 2. The van der Waals surface area contributed by atoms with Crippen molar-refractivity contribution in [1.29, 1.82) is 0 Å². The molecule has 2 heterocycles. The Balaban J connectivity index is 1.42. The van der Waals surface area contributed by atoms with E-state index in [0.29, 0.717) is 21.8 Å². The highest BCUT2D eigenvalue weighted by Crippen LogP contribution is 2.33. The highest BCUT2D eigenvalue weighted by atomic mass is 35.5. The van der Waals surface area contributed by atoms with Crippen LogP contribution in [0.2, 0.25) is 5.02 Å². The maximum absolute atomic E-state index is 13.2. The van der Waals surface area contributed by atoms with E-state index in [-0.39, 0.29) is 10.4 Å². The summed E-state index contributed by atoms with van der Waals surface area (Å²) in [5.41, 5.74) is 2.47. The monoisotopic (exact) mass is 539 g/mol.